The number of carbonyl (C=O) groups is 2. The van der Waals surface area contributed by atoms with Crippen LogP contribution in [0.5, 0.6) is 0 Å². The predicted octanol–water partition coefficient (Wildman–Crippen LogP) is 5.83. The minimum absolute atomic E-state index is 0.163. The van der Waals surface area contributed by atoms with Crippen LogP contribution in [0.2, 0.25) is 0 Å². The number of Topliss-reactive ketones (excluding diaryl/α,β-unsaturated/α-hetero) is 2. The fraction of sp³-hybridized carbons (Fsp3) is 0.917. The first kappa shape index (κ1) is 18.7. The van der Waals surface area contributed by atoms with Crippen LogP contribution in [0.1, 0.15) is 92.9 Å². The SMILES string of the molecule is CC(=O)C1CCC2(C)C1CCC1C3(C)CCC(=O)C(C)(C)C3CCC12C. The van der Waals surface area contributed by atoms with Crippen LogP contribution in [0.4, 0.5) is 0 Å². The zero-order chi connectivity index (χ0) is 19.1. The topological polar surface area (TPSA) is 34.1 Å². The van der Waals surface area contributed by atoms with Gasteiger partial charge in [-0.3, -0.25) is 9.59 Å². The fourth-order valence-electron chi connectivity index (χ4n) is 9.03. The normalized spacial score (nSPS) is 52.8. The molecule has 2 heteroatoms. The predicted molar refractivity (Wildman–Crippen MR) is 105 cm³/mol. The maximum atomic E-state index is 12.7. The Labute approximate surface area is 159 Å². The highest BCUT2D eigenvalue weighted by molar-refractivity contribution is 5.85. The van der Waals surface area contributed by atoms with E-state index in [1.807, 2.05) is 6.92 Å². The van der Waals surface area contributed by atoms with Crippen molar-refractivity contribution in [2.45, 2.75) is 92.9 Å². The summed E-state index contributed by atoms with van der Waals surface area (Å²) in [6.07, 6.45) is 9.08. The van der Waals surface area contributed by atoms with Crippen LogP contribution in [0.25, 0.3) is 0 Å². The first-order valence-corrected chi connectivity index (χ1v) is 11.0. The van der Waals surface area contributed by atoms with Crippen molar-refractivity contribution in [3.63, 3.8) is 0 Å². The van der Waals surface area contributed by atoms with E-state index in [9.17, 15) is 9.59 Å². The minimum atomic E-state index is -0.163. The third kappa shape index (κ3) is 2.05. The summed E-state index contributed by atoms with van der Waals surface area (Å²) >= 11 is 0. The van der Waals surface area contributed by atoms with Gasteiger partial charge in [0.25, 0.3) is 0 Å². The number of fused-ring (bicyclic) bond motifs is 5. The van der Waals surface area contributed by atoms with Gasteiger partial charge in [-0.2, -0.15) is 0 Å². The Balaban J connectivity index is 1.74. The van der Waals surface area contributed by atoms with Gasteiger partial charge in [-0.1, -0.05) is 34.6 Å². The van der Waals surface area contributed by atoms with Crippen molar-refractivity contribution in [2.75, 3.05) is 0 Å². The zero-order valence-corrected chi connectivity index (χ0v) is 17.8. The van der Waals surface area contributed by atoms with Gasteiger partial charge in [-0.15, -0.1) is 0 Å². The van der Waals surface area contributed by atoms with Gasteiger partial charge < -0.3 is 0 Å². The summed E-state index contributed by atoms with van der Waals surface area (Å²) in [6.45, 7) is 13.9. The molecule has 7 atom stereocenters. The molecular weight excluding hydrogens is 320 g/mol. The second-order valence-corrected chi connectivity index (χ2v) is 11.6. The van der Waals surface area contributed by atoms with E-state index in [-0.39, 0.29) is 10.8 Å². The van der Waals surface area contributed by atoms with Crippen LogP contribution >= 0.6 is 0 Å². The summed E-state index contributed by atoms with van der Waals surface area (Å²) in [7, 11) is 0. The number of carbonyl (C=O) groups excluding carboxylic acids is 2. The van der Waals surface area contributed by atoms with Crippen molar-refractivity contribution in [3.05, 3.63) is 0 Å². The molecule has 0 aromatic carbocycles. The average Bonchev–Trinajstić information content (AvgIpc) is 2.90. The molecule has 0 amide bonds. The Hall–Kier alpha value is -0.660. The van der Waals surface area contributed by atoms with Gasteiger partial charge in [-0.05, 0) is 85.9 Å². The van der Waals surface area contributed by atoms with Crippen molar-refractivity contribution in [3.8, 4) is 0 Å². The molecule has 0 N–H and O–H groups in total. The molecule has 0 aromatic heterocycles. The lowest BCUT2D eigenvalue weighted by Crippen LogP contribution is -2.63. The Morgan fingerprint density at radius 2 is 1.50 bits per heavy atom. The Morgan fingerprint density at radius 1 is 0.846 bits per heavy atom. The maximum absolute atomic E-state index is 12.7. The second kappa shape index (κ2) is 5.45. The van der Waals surface area contributed by atoms with Crippen LogP contribution in [-0.4, -0.2) is 11.6 Å². The zero-order valence-electron chi connectivity index (χ0n) is 17.8. The number of hydrogen-bond donors (Lipinski definition) is 0. The van der Waals surface area contributed by atoms with Crippen LogP contribution in [-0.2, 0) is 9.59 Å². The molecule has 4 fully saturated rings. The number of ketones is 2. The Kier molecular flexibility index (Phi) is 3.92. The molecule has 0 saturated heterocycles. The number of hydrogen-bond acceptors (Lipinski definition) is 2. The van der Waals surface area contributed by atoms with E-state index < -0.39 is 0 Å². The molecule has 0 bridgehead atoms. The second-order valence-electron chi connectivity index (χ2n) is 11.6. The highest BCUT2D eigenvalue weighted by atomic mass is 16.1. The first-order valence-electron chi connectivity index (χ1n) is 11.0. The molecule has 4 aliphatic rings. The van der Waals surface area contributed by atoms with Crippen molar-refractivity contribution < 1.29 is 9.59 Å². The summed E-state index contributed by atoms with van der Waals surface area (Å²) in [4.78, 5) is 25.0. The lowest BCUT2D eigenvalue weighted by atomic mass is 9.35. The largest absolute Gasteiger partial charge is 0.300 e. The quantitative estimate of drug-likeness (QED) is 0.591. The van der Waals surface area contributed by atoms with Gasteiger partial charge in [0.05, 0.1) is 0 Å². The van der Waals surface area contributed by atoms with E-state index in [1.165, 1.54) is 32.1 Å². The Bertz CT molecular complexity index is 649. The van der Waals surface area contributed by atoms with Crippen LogP contribution in [0.3, 0.4) is 0 Å². The molecule has 146 valence electrons. The summed E-state index contributed by atoms with van der Waals surface area (Å²) in [5.74, 6) is 3.02. The van der Waals surface area contributed by atoms with Gasteiger partial charge in [0, 0.05) is 17.8 Å². The molecule has 26 heavy (non-hydrogen) atoms. The molecule has 4 aliphatic carbocycles. The van der Waals surface area contributed by atoms with E-state index >= 15 is 0 Å². The fourth-order valence-corrected chi connectivity index (χ4v) is 9.03. The molecule has 7 unspecified atom stereocenters. The maximum Gasteiger partial charge on any atom is 0.138 e. The molecule has 0 spiro atoms. The first-order chi connectivity index (χ1) is 12.0. The lowest BCUT2D eigenvalue weighted by Gasteiger charge is -2.68. The van der Waals surface area contributed by atoms with Crippen LogP contribution in [0.15, 0.2) is 0 Å². The smallest absolute Gasteiger partial charge is 0.138 e. The van der Waals surface area contributed by atoms with Gasteiger partial charge >= 0.3 is 0 Å². The van der Waals surface area contributed by atoms with E-state index in [0.717, 1.165) is 19.3 Å². The van der Waals surface area contributed by atoms with Crippen LogP contribution in [0, 0.1) is 45.3 Å². The summed E-state index contributed by atoms with van der Waals surface area (Å²) in [5, 5.41) is 0. The molecule has 0 heterocycles. The van der Waals surface area contributed by atoms with Crippen molar-refractivity contribution in [1.82, 2.24) is 0 Å². The molecule has 2 nitrogen and oxygen atoms in total. The molecule has 0 radical (unpaired) electrons. The van der Waals surface area contributed by atoms with E-state index in [0.29, 0.717) is 46.1 Å². The van der Waals surface area contributed by atoms with Gasteiger partial charge in [-0.25, -0.2) is 0 Å². The highest BCUT2D eigenvalue weighted by Gasteiger charge is 2.68. The van der Waals surface area contributed by atoms with E-state index in [4.69, 9.17) is 0 Å². The Morgan fingerprint density at radius 3 is 2.15 bits per heavy atom. The van der Waals surface area contributed by atoms with Crippen LogP contribution < -0.4 is 0 Å². The minimum Gasteiger partial charge on any atom is -0.300 e. The monoisotopic (exact) mass is 358 g/mol. The summed E-state index contributed by atoms with van der Waals surface area (Å²) in [6, 6.07) is 0. The van der Waals surface area contributed by atoms with Gasteiger partial charge in [0.15, 0.2) is 0 Å². The van der Waals surface area contributed by atoms with Crippen molar-refractivity contribution in [2.24, 2.45) is 45.3 Å². The van der Waals surface area contributed by atoms with E-state index in [1.54, 1.807) is 0 Å². The van der Waals surface area contributed by atoms with E-state index in [2.05, 4.69) is 34.6 Å². The lowest BCUT2D eigenvalue weighted by molar-refractivity contribution is -0.202. The van der Waals surface area contributed by atoms with Crippen molar-refractivity contribution in [1.29, 1.82) is 0 Å². The highest BCUT2D eigenvalue weighted by Crippen LogP contribution is 2.74. The summed E-state index contributed by atoms with van der Waals surface area (Å²) < 4.78 is 0. The third-order valence-electron chi connectivity index (χ3n) is 10.7. The van der Waals surface area contributed by atoms with Gasteiger partial charge in [0.2, 0.25) is 0 Å². The molecular formula is C24H38O2. The molecule has 0 aromatic rings. The molecule has 0 aliphatic heterocycles. The molecule has 4 rings (SSSR count). The standard InChI is InChI=1S/C24H38O2/c1-15(25)16-9-13-23(5)17(16)7-8-19-22(4)12-11-20(26)21(2,3)18(22)10-14-24(19,23)6/h16-19H,7-14H2,1-6H3. The third-order valence-corrected chi connectivity index (χ3v) is 10.7. The van der Waals surface area contributed by atoms with Gasteiger partial charge in [0.1, 0.15) is 11.6 Å². The molecule has 4 saturated carbocycles. The average molecular weight is 359 g/mol. The number of rotatable bonds is 1. The summed E-state index contributed by atoms with van der Waals surface area (Å²) in [5.41, 5.74) is 0.740. The van der Waals surface area contributed by atoms with Crippen molar-refractivity contribution >= 4 is 11.6 Å².